The molecule has 0 aliphatic rings. The molecule has 6 nitrogen and oxygen atoms in total. The fourth-order valence-corrected chi connectivity index (χ4v) is 6.70. The van der Waals surface area contributed by atoms with Crippen LogP contribution in [0.15, 0.2) is 48.6 Å². The van der Waals surface area contributed by atoms with Gasteiger partial charge in [0, 0.05) is 19.3 Å². The molecule has 0 bridgehead atoms. The number of hydrogen-bond donors (Lipinski definition) is 0. The average molecular weight is 799 g/mol. The minimum Gasteiger partial charge on any atom is -0.462 e. The molecule has 0 rings (SSSR count). The summed E-state index contributed by atoms with van der Waals surface area (Å²) in [5, 5.41) is 0. The predicted molar refractivity (Wildman–Crippen MR) is 242 cm³/mol. The highest BCUT2D eigenvalue weighted by Crippen LogP contribution is 2.14. The molecule has 0 spiro atoms. The highest BCUT2D eigenvalue weighted by atomic mass is 16.6. The number of carbonyl (C=O) groups is 3. The van der Waals surface area contributed by atoms with Crippen LogP contribution >= 0.6 is 0 Å². The summed E-state index contributed by atoms with van der Waals surface area (Å²) >= 11 is 0. The fourth-order valence-electron chi connectivity index (χ4n) is 6.70. The third-order valence-electron chi connectivity index (χ3n) is 10.3. The molecule has 1 atom stereocenters. The summed E-state index contributed by atoms with van der Waals surface area (Å²) < 4.78 is 16.6. The quantitative estimate of drug-likeness (QED) is 0.0265. The van der Waals surface area contributed by atoms with Gasteiger partial charge in [0.2, 0.25) is 0 Å². The third-order valence-corrected chi connectivity index (χ3v) is 10.3. The van der Waals surface area contributed by atoms with Crippen LogP contribution in [0.4, 0.5) is 0 Å². The summed E-state index contributed by atoms with van der Waals surface area (Å²) in [4.78, 5) is 37.7. The lowest BCUT2D eigenvalue weighted by Crippen LogP contribution is -2.30. The van der Waals surface area contributed by atoms with Crippen LogP contribution in [0.5, 0.6) is 0 Å². The Bertz CT molecular complexity index is 1010. The third kappa shape index (κ3) is 44.3. The van der Waals surface area contributed by atoms with E-state index in [1.807, 2.05) is 0 Å². The van der Waals surface area contributed by atoms with Crippen LogP contribution in [0, 0.1) is 0 Å². The van der Waals surface area contributed by atoms with Gasteiger partial charge in [0.15, 0.2) is 6.10 Å². The van der Waals surface area contributed by atoms with Gasteiger partial charge in [-0.25, -0.2) is 0 Å². The zero-order valence-electron chi connectivity index (χ0n) is 37.6. The number of allylic oxidation sites excluding steroid dienone is 8. The highest BCUT2D eigenvalue weighted by molar-refractivity contribution is 5.71. The molecule has 0 saturated heterocycles. The van der Waals surface area contributed by atoms with Crippen molar-refractivity contribution in [2.24, 2.45) is 0 Å². The van der Waals surface area contributed by atoms with E-state index in [2.05, 4.69) is 69.4 Å². The van der Waals surface area contributed by atoms with E-state index >= 15 is 0 Å². The van der Waals surface area contributed by atoms with Crippen LogP contribution in [-0.2, 0) is 28.6 Å². The van der Waals surface area contributed by atoms with Gasteiger partial charge in [-0.1, -0.05) is 198 Å². The Hall–Kier alpha value is -2.63. The lowest BCUT2D eigenvalue weighted by Gasteiger charge is -2.18. The predicted octanol–water partition coefficient (Wildman–Crippen LogP) is 15.5. The molecule has 0 aromatic rings. The van der Waals surface area contributed by atoms with Crippen molar-refractivity contribution in [3.8, 4) is 0 Å². The number of rotatable bonds is 43. The van der Waals surface area contributed by atoms with Crippen molar-refractivity contribution in [1.82, 2.24) is 0 Å². The molecule has 57 heavy (non-hydrogen) atoms. The largest absolute Gasteiger partial charge is 0.462 e. The van der Waals surface area contributed by atoms with Crippen LogP contribution in [0.25, 0.3) is 0 Å². The summed E-state index contributed by atoms with van der Waals surface area (Å²) in [5.41, 5.74) is 0. The lowest BCUT2D eigenvalue weighted by molar-refractivity contribution is -0.167. The maximum absolute atomic E-state index is 12.7. The first-order valence-electron chi connectivity index (χ1n) is 24.1. The molecule has 0 aliphatic heterocycles. The summed E-state index contributed by atoms with van der Waals surface area (Å²) in [7, 11) is 0. The molecule has 0 aromatic heterocycles. The van der Waals surface area contributed by atoms with E-state index in [0.29, 0.717) is 19.3 Å². The Morgan fingerprint density at radius 3 is 1.14 bits per heavy atom. The van der Waals surface area contributed by atoms with Crippen molar-refractivity contribution in [2.45, 2.75) is 245 Å². The van der Waals surface area contributed by atoms with E-state index in [-0.39, 0.29) is 37.5 Å². The maximum atomic E-state index is 12.7. The second kappa shape index (κ2) is 46.1. The zero-order valence-corrected chi connectivity index (χ0v) is 37.6. The van der Waals surface area contributed by atoms with Gasteiger partial charge in [-0.15, -0.1) is 0 Å². The first-order valence-corrected chi connectivity index (χ1v) is 24.1. The standard InChI is InChI=1S/C51H90O6/c1-4-7-10-13-16-19-21-22-23-24-25-26-27-28-30-32-35-38-41-44-50(53)56-47-48(46-55-49(52)43-40-37-34-31-18-15-12-9-6-3)57-51(54)45-42-39-36-33-29-20-17-14-11-8-5-2/h8,11,17,20,24-25,33,36,48H,4-7,9-10,12-16,18-19,21-23,26-32,34-35,37-47H2,1-3H3/b11-8-,20-17-,25-24-,36-33-. The van der Waals surface area contributed by atoms with Gasteiger partial charge >= 0.3 is 17.9 Å². The zero-order chi connectivity index (χ0) is 41.5. The Morgan fingerprint density at radius 1 is 0.368 bits per heavy atom. The van der Waals surface area contributed by atoms with Crippen molar-refractivity contribution < 1.29 is 28.6 Å². The highest BCUT2D eigenvalue weighted by Gasteiger charge is 2.19. The van der Waals surface area contributed by atoms with Crippen molar-refractivity contribution >= 4 is 17.9 Å². The molecule has 0 aromatic carbocycles. The van der Waals surface area contributed by atoms with Gasteiger partial charge in [0.25, 0.3) is 0 Å². The molecule has 0 fully saturated rings. The molecule has 1 unspecified atom stereocenters. The monoisotopic (exact) mass is 799 g/mol. The fraction of sp³-hybridized carbons (Fsp3) is 0.784. The molecule has 6 heteroatoms. The van der Waals surface area contributed by atoms with Crippen molar-refractivity contribution in [2.75, 3.05) is 13.2 Å². The Balaban J connectivity index is 4.31. The molecule has 0 saturated carbocycles. The molecule has 0 N–H and O–H groups in total. The molecule has 0 radical (unpaired) electrons. The Kier molecular flexibility index (Phi) is 43.9. The topological polar surface area (TPSA) is 78.9 Å². The molecule has 0 amide bonds. The number of esters is 3. The minimum atomic E-state index is -0.795. The summed E-state index contributed by atoms with van der Waals surface area (Å²) in [6.07, 6.45) is 54.0. The first kappa shape index (κ1) is 54.4. The van der Waals surface area contributed by atoms with E-state index in [4.69, 9.17) is 14.2 Å². The van der Waals surface area contributed by atoms with E-state index in [1.165, 1.54) is 128 Å². The number of hydrogen-bond acceptors (Lipinski definition) is 6. The van der Waals surface area contributed by atoms with Gasteiger partial charge in [0.1, 0.15) is 13.2 Å². The Labute approximate surface area is 352 Å². The van der Waals surface area contributed by atoms with Crippen molar-refractivity contribution in [1.29, 1.82) is 0 Å². The first-order chi connectivity index (χ1) is 28.0. The summed E-state index contributed by atoms with van der Waals surface area (Å²) in [5.74, 6) is -0.954. The molecule has 0 heterocycles. The smallest absolute Gasteiger partial charge is 0.306 e. The number of ether oxygens (including phenoxy) is 3. The molecule has 330 valence electrons. The molecule has 0 aliphatic carbocycles. The van der Waals surface area contributed by atoms with Crippen LogP contribution in [0.1, 0.15) is 239 Å². The number of carbonyl (C=O) groups excluding carboxylic acids is 3. The van der Waals surface area contributed by atoms with Crippen molar-refractivity contribution in [3.05, 3.63) is 48.6 Å². The van der Waals surface area contributed by atoms with E-state index in [0.717, 1.165) is 64.2 Å². The summed E-state index contributed by atoms with van der Waals surface area (Å²) in [6, 6.07) is 0. The van der Waals surface area contributed by atoms with E-state index in [1.54, 1.807) is 0 Å². The molecular formula is C51H90O6. The lowest BCUT2D eigenvalue weighted by atomic mass is 10.1. The normalized spacial score (nSPS) is 12.4. The van der Waals surface area contributed by atoms with Gasteiger partial charge in [0.05, 0.1) is 0 Å². The van der Waals surface area contributed by atoms with E-state index in [9.17, 15) is 14.4 Å². The van der Waals surface area contributed by atoms with Gasteiger partial charge in [-0.3, -0.25) is 14.4 Å². The van der Waals surface area contributed by atoms with Crippen LogP contribution in [0.3, 0.4) is 0 Å². The van der Waals surface area contributed by atoms with Crippen LogP contribution in [-0.4, -0.2) is 37.2 Å². The van der Waals surface area contributed by atoms with Crippen LogP contribution < -0.4 is 0 Å². The van der Waals surface area contributed by atoms with Crippen molar-refractivity contribution in [3.63, 3.8) is 0 Å². The van der Waals surface area contributed by atoms with Gasteiger partial charge in [-0.2, -0.15) is 0 Å². The number of unbranched alkanes of at least 4 members (excludes halogenated alkanes) is 24. The van der Waals surface area contributed by atoms with Gasteiger partial charge < -0.3 is 14.2 Å². The maximum Gasteiger partial charge on any atom is 0.306 e. The van der Waals surface area contributed by atoms with E-state index < -0.39 is 6.10 Å². The SMILES string of the molecule is CC/C=C\C/C=C\C/C=C\CCCC(=O)OC(COC(=O)CCCCCCCCC/C=C\CCCCCCCCCC)COC(=O)CCCCCCCCCCC. The Morgan fingerprint density at radius 2 is 0.702 bits per heavy atom. The molecular weight excluding hydrogens is 709 g/mol. The average Bonchev–Trinajstić information content (AvgIpc) is 3.21. The van der Waals surface area contributed by atoms with Gasteiger partial charge in [-0.05, 0) is 70.6 Å². The second-order valence-electron chi connectivity index (χ2n) is 16.0. The summed E-state index contributed by atoms with van der Waals surface area (Å²) in [6.45, 7) is 6.45. The second-order valence-corrected chi connectivity index (χ2v) is 16.0. The van der Waals surface area contributed by atoms with Crippen LogP contribution in [0.2, 0.25) is 0 Å². The minimum absolute atomic E-state index is 0.0932.